The van der Waals surface area contributed by atoms with Crippen molar-refractivity contribution in [3.05, 3.63) is 52.1 Å². The van der Waals surface area contributed by atoms with Crippen molar-refractivity contribution in [1.82, 2.24) is 9.78 Å². The summed E-state index contributed by atoms with van der Waals surface area (Å²) in [4.78, 5) is 12.1. The first-order valence-electron chi connectivity index (χ1n) is 7.11. The molecule has 2 rings (SSSR count). The van der Waals surface area contributed by atoms with Gasteiger partial charge < -0.3 is 10.5 Å². The van der Waals surface area contributed by atoms with Gasteiger partial charge in [-0.1, -0.05) is 17.7 Å². The maximum Gasteiger partial charge on any atom is 0.359 e. The number of esters is 1. The highest BCUT2D eigenvalue weighted by atomic mass is 16.5. The van der Waals surface area contributed by atoms with E-state index in [9.17, 15) is 4.79 Å². The van der Waals surface area contributed by atoms with Crippen LogP contribution in [0.2, 0.25) is 0 Å². The van der Waals surface area contributed by atoms with Crippen LogP contribution < -0.4 is 11.2 Å². The summed E-state index contributed by atoms with van der Waals surface area (Å²) < 4.78 is 6.46. The highest BCUT2D eigenvalue weighted by molar-refractivity contribution is 5.89. The Morgan fingerprint density at radius 3 is 2.50 bits per heavy atom. The third kappa shape index (κ3) is 2.92. The van der Waals surface area contributed by atoms with Crippen LogP contribution in [-0.4, -0.2) is 22.4 Å². The lowest BCUT2D eigenvalue weighted by atomic mass is 10.1. The molecule has 0 saturated heterocycles. The summed E-state index contributed by atoms with van der Waals surface area (Å²) in [7, 11) is 0. The monoisotopic (exact) mass is 300 g/mol. The van der Waals surface area contributed by atoms with Gasteiger partial charge in [0.25, 0.3) is 0 Å². The van der Waals surface area contributed by atoms with Gasteiger partial charge >= 0.3 is 5.97 Å². The predicted molar refractivity (Wildman–Crippen MR) is 82.7 cm³/mol. The van der Waals surface area contributed by atoms with E-state index >= 15 is 0 Å². The summed E-state index contributed by atoms with van der Waals surface area (Å²) in [6.07, 6.45) is 0. The van der Waals surface area contributed by atoms with Crippen molar-refractivity contribution in [2.45, 2.75) is 27.3 Å². The number of hydrogen-bond acceptors (Lipinski definition) is 5. The summed E-state index contributed by atoms with van der Waals surface area (Å²) >= 11 is 0. The molecule has 116 valence electrons. The van der Waals surface area contributed by atoms with E-state index in [1.54, 1.807) is 13.8 Å². The molecule has 0 unspecified atom stereocenters. The summed E-state index contributed by atoms with van der Waals surface area (Å²) in [5, 5.41) is 12.6. The number of carbonyl (C=O) groups excluding carboxylic acids is 1. The second-order valence-electron chi connectivity index (χ2n) is 4.97. The molecule has 3 N–H and O–H groups in total. The first-order chi connectivity index (χ1) is 10.5. The molecule has 0 aliphatic rings. The minimum absolute atomic E-state index is 0.158. The molecular formula is C16H20N4O2. The third-order valence-corrected chi connectivity index (χ3v) is 3.46. The Morgan fingerprint density at radius 2 is 1.95 bits per heavy atom. The van der Waals surface area contributed by atoms with Gasteiger partial charge in [0.2, 0.25) is 0 Å². The van der Waals surface area contributed by atoms with Crippen molar-refractivity contribution in [3.63, 3.8) is 0 Å². The minimum Gasteiger partial charge on any atom is -0.461 e. The van der Waals surface area contributed by atoms with E-state index in [0.717, 1.165) is 5.56 Å². The van der Waals surface area contributed by atoms with Crippen molar-refractivity contribution < 1.29 is 9.53 Å². The van der Waals surface area contributed by atoms with Crippen molar-refractivity contribution in [3.8, 4) is 5.69 Å². The van der Waals surface area contributed by atoms with E-state index in [1.165, 1.54) is 4.68 Å². The van der Waals surface area contributed by atoms with E-state index in [2.05, 4.69) is 5.10 Å². The fourth-order valence-electron chi connectivity index (χ4n) is 2.19. The molecule has 1 aromatic heterocycles. The molecule has 22 heavy (non-hydrogen) atoms. The molecule has 0 spiro atoms. The van der Waals surface area contributed by atoms with Gasteiger partial charge in [0.15, 0.2) is 11.2 Å². The normalized spacial score (nSPS) is 10.5. The maximum atomic E-state index is 12.1. The van der Waals surface area contributed by atoms with Crippen LogP contribution in [0.5, 0.6) is 0 Å². The SMILES string of the molecule is CCOC(=O)c1nn(-c2ccc(C)cc2)c(=N)c(CN)c1C. The van der Waals surface area contributed by atoms with Crippen LogP contribution in [0, 0.1) is 19.3 Å². The second-order valence-corrected chi connectivity index (χ2v) is 4.97. The molecule has 1 heterocycles. The highest BCUT2D eigenvalue weighted by Crippen LogP contribution is 2.12. The summed E-state index contributed by atoms with van der Waals surface area (Å²) in [5.74, 6) is -0.504. The standard InChI is InChI=1S/C16H20N4O2/c1-4-22-16(21)14-11(3)13(9-17)15(18)20(19-14)12-7-5-10(2)6-8-12/h5-8,18H,4,9,17H2,1-3H3. The van der Waals surface area contributed by atoms with E-state index in [4.69, 9.17) is 15.9 Å². The molecule has 0 bridgehead atoms. The van der Waals surface area contributed by atoms with Crippen LogP contribution in [0.4, 0.5) is 0 Å². The first-order valence-corrected chi connectivity index (χ1v) is 7.11. The molecule has 1 aromatic carbocycles. The largest absolute Gasteiger partial charge is 0.461 e. The molecule has 0 atom stereocenters. The molecule has 0 radical (unpaired) electrons. The average Bonchev–Trinajstić information content (AvgIpc) is 2.49. The number of rotatable bonds is 4. The average molecular weight is 300 g/mol. The van der Waals surface area contributed by atoms with Gasteiger partial charge in [0, 0.05) is 12.1 Å². The van der Waals surface area contributed by atoms with E-state index < -0.39 is 5.97 Å². The molecule has 6 nitrogen and oxygen atoms in total. The van der Waals surface area contributed by atoms with Gasteiger partial charge in [-0.05, 0) is 38.5 Å². The van der Waals surface area contributed by atoms with Gasteiger partial charge in [0.1, 0.15) is 0 Å². The first kappa shape index (κ1) is 15.9. The maximum absolute atomic E-state index is 12.1. The van der Waals surface area contributed by atoms with Crippen LogP contribution in [0.25, 0.3) is 5.69 Å². The van der Waals surface area contributed by atoms with E-state index in [-0.39, 0.29) is 24.3 Å². The minimum atomic E-state index is -0.504. The molecule has 2 aromatic rings. The Kier molecular flexibility index (Phi) is 4.72. The lowest BCUT2D eigenvalue weighted by molar-refractivity contribution is 0.0516. The smallest absolute Gasteiger partial charge is 0.359 e. The van der Waals surface area contributed by atoms with Gasteiger partial charge in [-0.3, -0.25) is 5.41 Å². The lowest BCUT2D eigenvalue weighted by Crippen LogP contribution is -2.31. The summed E-state index contributed by atoms with van der Waals surface area (Å²) in [6.45, 7) is 5.88. The number of nitrogens with zero attached hydrogens (tertiary/aromatic N) is 2. The molecule has 0 amide bonds. The van der Waals surface area contributed by atoms with Crippen LogP contribution in [0.3, 0.4) is 0 Å². The Hall–Kier alpha value is -2.47. The van der Waals surface area contributed by atoms with Crippen molar-refractivity contribution in [2.75, 3.05) is 6.61 Å². The Balaban J connectivity index is 2.68. The van der Waals surface area contributed by atoms with Crippen LogP contribution in [0.15, 0.2) is 24.3 Å². The second kappa shape index (κ2) is 6.53. The number of aryl methyl sites for hydroxylation is 1. The molecule has 6 heteroatoms. The van der Waals surface area contributed by atoms with E-state index in [0.29, 0.717) is 16.8 Å². The number of carbonyl (C=O) groups is 1. The van der Waals surface area contributed by atoms with Gasteiger partial charge in [-0.15, -0.1) is 0 Å². The molecule has 0 aliphatic carbocycles. The van der Waals surface area contributed by atoms with Crippen molar-refractivity contribution >= 4 is 5.97 Å². The van der Waals surface area contributed by atoms with Crippen LogP contribution >= 0.6 is 0 Å². The van der Waals surface area contributed by atoms with Crippen molar-refractivity contribution in [2.24, 2.45) is 5.73 Å². The van der Waals surface area contributed by atoms with Gasteiger partial charge in [-0.25, -0.2) is 9.48 Å². The third-order valence-electron chi connectivity index (χ3n) is 3.46. The molecule has 0 saturated carbocycles. The Bertz CT molecular complexity index is 748. The number of nitrogens with one attached hydrogen (secondary N) is 1. The topological polar surface area (TPSA) is 94.0 Å². The number of ether oxygens (including phenoxy) is 1. The summed E-state index contributed by atoms with van der Waals surface area (Å²) in [6, 6.07) is 7.56. The van der Waals surface area contributed by atoms with Gasteiger partial charge in [-0.2, -0.15) is 5.10 Å². The molecular weight excluding hydrogens is 280 g/mol. The quantitative estimate of drug-likeness (QED) is 0.839. The zero-order valence-electron chi connectivity index (χ0n) is 13.0. The Labute approximate surface area is 129 Å². The number of aromatic nitrogens is 2. The number of nitrogens with two attached hydrogens (primary N) is 1. The summed E-state index contributed by atoms with van der Waals surface area (Å²) in [5.41, 5.74) is 9.11. The van der Waals surface area contributed by atoms with E-state index in [1.807, 2.05) is 31.2 Å². The fourth-order valence-corrected chi connectivity index (χ4v) is 2.19. The van der Waals surface area contributed by atoms with Crippen LogP contribution in [0.1, 0.15) is 34.1 Å². The Morgan fingerprint density at radius 1 is 1.32 bits per heavy atom. The molecule has 0 aliphatic heterocycles. The lowest BCUT2D eigenvalue weighted by Gasteiger charge is -2.14. The van der Waals surface area contributed by atoms with Crippen molar-refractivity contribution in [1.29, 1.82) is 5.41 Å². The zero-order valence-corrected chi connectivity index (χ0v) is 13.0. The number of hydrogen-bond donors (Lipinski definition) is 2. The van der Waals surface area contributed by atoms with Crippen LogP contribution in [-0.2, 0) is 11.3 Å². The number of benzene rings is 1. The predicted octanol–water partition coefficient (Wildman–Crippen LogP) is 1.60. The molecule has 0 fully saturated rings. The highest BCUT2D eigenvalue weighted by Gasteiger charge is 2.18. The zero-order chi connectivity index (χ0) is 16.3. The van der Waals surface area contributed by atoms with Gasteiger partial charge in [0.05, 0.1) is 12.3 Å². The fraction of sp³-hybridized carbons (Fsp3) is 0.312.